The molecule has 0 saturated heterocycles. The second-order valence-electron chi connectivity index (χ2n) is 5.66. The zero-order valence-corrected chi connectivity index (χ0v) is 12.2. The number of carbonyl (C=O) groups excluding carboxylic acids is 1. The Hall–Kier alpha value is -2.28. The van der Waals surface area contributed by atoms with Gasteiger partial charge in [-0.1, -0.05) is 0 Å². The number of nitrogens with zero attached hydrogens (tertiary/aromatic N) is 3. The number of hydrogen-bond donors (Lipinski definition) is 2. The van der Waals surface area contributed by atoms with E-state index >= 15 is 0 Å². The van der Waals surface area contributed by atoms with E-state index in [2.05, 4.69) is 20.7 Å². The first-order valence-electron chi connectivity index (χ1n) is 6.54. The quantitative estimate of drug-likeness (QED) is 0.900. The van der Waals surface area contributed by atoms with Crippen LogP contribution in [0.25, 0.3) is 5.69 Å². The van der Waals surface area contributed by atoms with Crippen LogP contribution in [-0.4, -0.2) is 32.8 Å². The Morgan fingerprint density at radius 3 is 2.71 bits per heavy atom. The van der Waals surface area contributed by atoms with Gasteiger partial charge in [0.25, 0.3) is 0 Å². The van der Waals surface area contributed by atoms with Crippen molar-refractivity contribution in [3.63, 3.8) is 0 Å². The average Bonchev–Trinajstić information content (AvgIpc) is 2.89. The summed E-state index contributed by atoms with van der Waals surface area (Å²) in [7, 11) is 0. The third-order valence-corrected chi connectivity index (χ3v) is 2.68. The highest BCUT2D eigenvalue weighted by molar-refractivity contribution is 5.92. The third-order valence-electron chi connectivity index (χ3n) is 2.68. The van der Waals surface area contributed by atoms with Crippen LogP contribution < -0.4 is 10.6 Å². The molecule has 2 aromatic rings. The monoisotopic (exact) mass is 291 g/mol. The average molecular weight is 291 g/mol. The standard InChI is InChI=1S/C14H18FN5O/c1-14(2,3)17-7-13(21)19-10-4-5-12(11(15)6-10)20-9-16-8-18-20/h4-6,8-9,17H,7H2,1-3H3,(H,19,21). The van der Waals surface area contributed by atoms with E-state index in [4.69, 9.17) is 0 Å². The van der Waals surface area contributed by atoms with Gasteiger partial charge in [-0.2, -0.15) is 5.10 Å². The van der Waals surface area contributed by atoms with Gasteiger partial charge in [0, 0.05) is 11.2 Å². The van der Waals surface area contributed by atoms with Crippen molar-refractivity contribution in [2.75, 3.05) is 11.9 Å². The van der Waals surface area contributed by atoms with Gasteiger partial charge in [0.05, 0.1) is 6.54 Å². The molecule has 0 atom stereocenters. The smallest absolute Gasteiger partial charge is 0.238 e. The van der Waals surface area contributed by atoms with Crippen LogP contribution in [-0.2, 0) is 4.79 Å². The summed E-state index contributed by atoms with van der Waals surface area (Å²) in [6.07, 6.45) is 2.73. The van der Waals surface area contributed by atoms with Crippen molar-refractivity contribution in [3.05, 3.63) is 36.7 Å². The van der Waals surface area contributed by atoms with E-state index < -0.39 is 5.82 Å². The fourth-order valence-electron chi connectivity index (χ4n) is 1.65. The molecule has 1 heterocycles. The van der Waals surface area contributed by atoms with Gasteiger partial charge in [0.1, 0.15) is 18.3 Å². The van der Waals surface area contributed by atoms with Crippen molar-refractivity contribution in [2.24, 2.45) is 0 Å². The Balaban J connectivity index is 2.02. The van der Waals surface area contributed by atoms with Gasteiger partial charge in [0.15, 0.2) is 5.82 Å². The molecule has 2 N–H and O–H groups in total. The summed E-state index contributed by atoms with van der Waals surface area (Å²) in [6.45, 7) is 6.06. The molecular weight excluding hydrogens is 273 g/mol. The summed E-state index contributed by atoms with van der Waals surface area (Å²) in [5.41, 5.74) is 0.523. The van der Waals surface area contributed by atoms with Crippen LogP contribution in [0.2, 0.25) is 0 Å². The van der Waals surface area contributed by atoms with Crippen molar-refractivity contribution in [1.29, 1.82) is 0 Å². The molecule has 0 saturated carbocycles. The van der Waals surface area contributed by atoms with Crippen molar-refractivity contribution < 1.29 is 9.18 Å². The van der Waals surface area contributed by atoms with Crippen molar-refractivity contribution >= 4 is 11.6 Å². The minimum absolute atomic E-state index is 0.153. The predicted molar refractivity (Wildman–Crippen MR) is 77.7 cm³/mol. The number of aromatic nitrogens is 3. The third kappa shape index (κ3) is 4.35. The first-order valence-corrected chi connectivity index (χ1v) is 6.54. The highest BCUT2D eigenvalue weighted by Crippen LogP contribution is 2.17. The van der Waals surface area contributed by atoms with Gasteiger partial charge in [0.2, 0.25) is 5.91 Å². The van der Waals surface area contributed by atoms with E-state index in [0.717, 1.165) is 0 Å². The van der Waals surface area contributed by atoms with Crippen LogP contribution in [0.3, 0.4) is 0 Å². The van der Waals surface area contributed by atoms with Gasteiger partial charge in [-0.25, -0.2) is 14.1 Å². The minimum Gasteiger partial charge on any atom is -0.325 e. The van der Waals surface area contributed by atoms with E-state index in [1.54, 1.807) is 6.07 Å². The molecule has 7 heteroatoms. The zero-order chi connectivity index (χ0) is 15.5. The summed E-state index contributed by atoms with van der Waals surface area (Å²) < 4.78 is 15.3. The lowest BCUT2D eigenvalue weighted by atomic mass is 10.1. The molecule has 0 unspecified atom stereocenters. The van der Waals surface area contributed by atoms with E-state index in [-0.39, 0.29) is 23.7 Å². The molecule has 0 aliphatic heterocycles. The Morgan fingerprint density at radius 2 is 2.14 bits per heavy atom. The van der Waals surface area contributed by atoms with E-state index in [9.17, 15) is 9.18 Å². The van der Waals surface area contributed by atoms with Crippen LogP contribution in [0.15, 0.2) is 30.9 Å². The first-order chi connectivity index (χ1) is 9.85. The molecule has 2 rings (SSSR count). The number of amides is 1. The topological polar surface area (TPSA) is 71.8 Å². The Kier molecular flexibility index (Phi) is 4.32. The van der Waals surface area contributed by atoms with Gasteiger partial charge in [-0.3, -0.25) is 4.79 Å². The molecule has 0 bridgehead atoms. The molecule has 1 amide bonds. The van der Waals surface area contributed by atoms with Gasteiger partial charge < -0.3 is 10.6 Å². The lowest BCUT2D eigenvalue weighted by Crippen LogP contribution is -2.41. The summed E-state index contributed by atoms with van der Waals surface area (Å²) in [5, 5.41) is 9.57. The first kappa shape index (κ1) is 15.1. The largest absolute Gasteiger partial charge is 0.325 e. The van der Waals surface area contributed by atoms with Crippen molar-refractivity contribution in [2.45, 2.75) is 26.3 Å². The fourth-order valence-corrected chi connectivity index (χ4v) is 1.65. The SMILES string of the molecule is CC(C)(C)NCC(=O)Nc1ccc(-n2cncn2)c(F)c1. The molecule has 0 aliphatic rings. The Labute approximate surface area is 122 Å². The second-order valence-corrected chi connectivity index (χ2v) is 5.66. The summed E-state index contributed by atoms with van der Waals surface area (Å²) in [5.74, 6) is -0.708. The van der Waals surface area contributed by atoms with Crippen molar-refractivity contribution in [1.82, 2.24) is 20.1 Å². The number of benzene rings is 1. The molecular formula is C14H18FN5O. The summed E-state index contributed by atoms with van der Waals surface area (Å²) in [6, 6.07) is 4.41. The zero-order valence-electron chi connectivity index (χ0n) is 12.2. The number of carbonyl (C=O) groups is 1. The molecule has 0 aliphatic carbocycles. The maximum absolute atomic E-state index is 14.0. The molecule has 21 heavy (non-hydrogen) atoms. The van der Waals surface area contributed by atoms with Crippen LogP contribution in [0.5, 0.6) is 0 Å². The van der Waals surface area contributed by atoms with Crippen molar-refractivity contribution in [3.8, 4) is 5.69 Å². The van der Waals surface area contributed by atoms with Gasteiger partial charge in [-0.15, -0.1) is 0 Å². The molecule has 1 aromatic carbocycles. The maximum atomic E-state index is 14.0. The molecule has 112 valence electrons. The van der Waals surface area contributed by atoms with Crippen LogP contribution in [0.4, 0.5) is 10.1 Å². The number of hydrogen-bond acceptors (Lipinski definition) is 4. The number of rotatable bonds is 4. The predicted octanol–water partition coefficient (Wildman–Crippen LogP) is 1.73. The summed E-state index contributed by atoms with van der Waals surface area (Å²) >= 11 is 0. The normalized spacial score (nSPS) is 11.4. The van der Waals surface area contributed by atoms with E-state index in [0.29, 0.717) is 5.69 Å². The van der Waals surface area contributed by atoms with Gasteiger partial charge in [-0.05, 0) is 39.0 Å². The van der Waals surface area contributed by atoms with E-state index in [1.807, 2.05) is 20.8 Å². The van der Waals surface area contributed by atoms with Crippen LogP contribution in [0.1, 0.15) is 20.8 Å². The van der Waals surface area contributed by atoms with Crippen LogP contribution >= 0.6 is 0 Å². The molecule has 0 radical (unpaired) electrons. The Bertz CT molecular complexity index is 619. The number of anilines is 1. The van der Waals surface area contributed by atoms with Crippen LogP contribution in [0, 0.1) is 5.82 Å². The lowest BCUT2D eigenvalue weighted by Gasteiger charge is -2.20. The molecule has 0 fully saturated rings. The molecule has 0 spiro atoms. The lowest BCUT2D eigenvalue weighted by molar-refractivity contribution is -0.115. The molecule has 6 nitrogen and oxygen atoms in total. The Morgan fingerprint density at radius 1 is 1.38 bits per heavy atom. The molecule has 1 aromatic heterocycles. The summed E-state index contributed by atoms with van der Waals surface area (Å²) in [4.78, 5) is 15.5. The highest BCUT2D eigenvalue weighted by Gasteiger charge is 2.12. The number of halogens is 1. The second kappa shape index (κ2) is 6.01. The maximum Gasteiger partial charge on any atom is 0.238 e. The minimum atomic E-state index is -0.484. The van der Waals surface area contributed by atoms with Gasteiger partial charge >= 0.3 is 0 Å². The number of nitrogens with one attached hydrogen (secondary N) is 2. The van der Waals surface area contributed by atoms with E-state index in [1.165, 1.54) is 29.5 Å². The fraction of sp³-hybridized carbons (Fsp3) is 0.357. The highest BCUT2D eigenvalue weighted by atomic mass is 19.1.